The van der Waals surface area contributed by atoms with E-state index in [1.165, 1.54) is 29.8 Å². The molecule has 162 valence electrons. The highest BCUT2D eigenvalue weighted by Crippen LogP contribution is 2.39. The Hall–Kier alpha value is -2.10. The van der Waals surface area contributed by atoms with Crippen molar-refractivity contribution >= 4 is 10.0 Å². The maximum Gasteiger partial charge on any atom is 0.402 e. The summed E-state index contributed by atoms with van der Waals surface area (Å²) in [5, 5.41) is 0. The number of fused-ring (bicyclic) bond motifs is 1. The van der Waals surface area contributed by atoms with Gasteiger partial charge in [-0.2, -0.15) is 13.2 Å². The van der Waals surface area contributed by atoms with Crippen molar-refractivity contribution in [3.8, 4) is 5.75 Å². The van der Waals surface area contributed by atoms with Gasteiger partial charge in [-0.25, -0.2) is 13.1 Å². The number of halogens is 3. The van der Waals surface area contributed by atoms with E-state index in [9.17, 15) is 21.6 Å². The van der Waals surface area contributed by atoms with Crippen LogP contribution >= 0.6 is 0 Å². The Morgan fingerprint density at radius 1 is 1.03 bits per heavy atom. The van der Waals surface area contributed by atoms with E-state index in [0.29, 0.717) is 5.75 Å². The first-order chi connectivity index (χ1) is 14.2. The van der Waals surface area contributed by atoms with Gasteiger partial charge in [0.2, 0.25) is 10.0 Å². The predicted octanol–water partition coefficient (Wildman–Crippen LogP) is 3.67. The first-order valence-electron chi connectivity index (χ1n) is 9.88. The molecule has 0 amide bonds. The lowest BCUT2D eigenvalue weighted by molar-refractivity contribution is -0.121. The van der Waals surface area contributed by atoms with Crippen LogP contribution in [0, 0.1) is 0 Å². The second kappa shape index (κ2) is 8.20. The Morgan fingerprint density at radius 2 is 1.70 bits per heavy atom. The molecule has 2 aliphatic rings. The summed E-state index contributed by atoms with van der Waals surface area (Å²) >= 11 is 0. The second-order valence-electron chi connectivity index (χ2n) is 7.66. The summed E-state index contributed by atoms with van der Waals surface area (Å²) in [6.07, 6.45) is -1.57. The first kappa shape index (κ1) is 21.1. The Labute approximate surface area is 173 Å². The average molecular weight is 440 g/mol. The van der Waals surface area contributed by atoms with Crippen LogP contribution in [0.2, 0.25) is 0 Å². The molecule has 4 rings (SSSR count). The van der Waals surface area contributed by atoms with Gasteiger partial charge in [-0.3, -0.25) is 4.90 Å². The lowest BCUT2D eigenvalue weighted by Gasteiger charge is -2.30. The lowest BCUT2D eigenvalue weighted by atomic mass is 10.1. The largest absolute Gasteiger partial charge is 0.484 e. The van der Waals surface area contributed by atoms with Crippen molar-refractivity contribution in [2.45, 2.75) is 42.5 Å². The molecule has 1 saturated heterocycles. The maximum absolute atomic E-state index is 12.3. The standard InChI is InChI=1S/C21H23F3N2O3S/c22-21(23,24)14-25-30(27,28)17-9-7-16(8-10-17)29-20-18-6-2-1-5-15(18)13-19(20)26-11-3-4-12-26/h1-2,5-10,19-20,25H,3-4,11-14H2/t19-,20-/m1/s1. The molecule has 1 N–H and O–H groups in total. The van der Waals surface area contributed by atoms with Gasteiger partial charge >= 0.3 is 6.18 Å². The van der Waals surface area contributed by atoms with Crippen molar-refractivity contribution in [3.05, 3.63) is 59.7 Å². The zero-order chi connectivity index (χ0) is 21.4. The van der Waals surface area contributed by atoms with E-state index in [2.05, 4.69) is 17.0 Å². The van der Waals surface area contributed by atoms with Gasteiger partial charge in [0.1, 0.15) is 18.4 Å². The van der Waals surface area contributed by atoms with Crippen LogP contribution in [-0.2, 0) is 16.4 Å². The van der Waals surface area contributed by atoms with Crippen LogP contribution < -0.4 is 9.46 Å². The second-order valence-corrected chi connectivity index (χ2v) is 9.43. The average Bonchev–Trinajstić information content (AvgIpc) is 3.35. The molecule has 30 heavy (non-hydrogen) atoms. The van der Waals surface area contributed by atoms with Crippen molar-refractivity contribution in [2.24, 2.45) is 0 Å². The number of sulfonamides is 1. The van der Waals surface area contributed by atoms with Crippen molar-refractivity contribution in [1.82, 2.24) is 9.62 Å². The first-order valence-corrected chi connectivity index (χ1v) is 11.4. The molecule has 1 aliphatic carbocycles. The zero-order valence-corrected chi connectivity index (χ0v) is 17.0. The maximum atomic E-state index is 12.3. The minimum Gasteiger partial charge on any atom is -0.484 e. The molecule has 0 aromatic heterocycles. The van der Waals surface area contributed by atoms with Crippen LogP contribution in [0.15, 0.2) is 53.4 Å². The Morgan fingerprint density at radius 3 is 2.37 bits per heavy atom. The van der Waals surface area contributed by atoms with E-state index in [4.69, 9.17) is 4.74 Å². The van der Waals surface area contributed by atoms with Gasteiger partial charge in [-0.1, -0.05) is 24.3 Å². The SMILES string of the molecule is O=S(=O)(NCC(F)(F)F)c1ccc(O[C@@H]2c3ccccc3C[C@H]2N2CCCC2)cc1. The fraction of sp³-hybridized carbons (Fsp3) is 0.429. The highest BCUT2D eigenvalue weighted by atomic mass is 32.2. The van der Waals surface area contributed by atoms with Crippen molar-refractivity contribution < 1.29 is 26.3 Å². The third-order valence-electron chi connectivity index (χ3n) is 5.61. The highest BCUT2D eigenvalue weighted by molar-refractivity contribution is 7.89. The van der Waals surface area contributed by atoms with Crippen LogP contribution in [-0.4, -0.2) is 45.2 Å². The molecule has 2 aromatic carbocycles. The molecule has 1 fully saturated rings. The fourth-order valence-corrected chi connectivity index (χ4v) is 5.19. The quantitative estimate of drug-likeness (QED) is 0.745. The molecule has 1 aliphatic heterocycles. The summed E-state index contributed by atoms with van der Waals surface area (Å²) in [5.74, 6) is 0.482. The Kier molecular flexibility index (Phi) is 5.78. The number of ether oxygens (including phenoxy) is 1. The lowest BCUT2D eigenvalue weighted by Crippen LogP contribution is -2.38. The normalized spacial score (nSPS) is 22.2. The van der Waals surface area contributed by atoms with Gasteiger partial charge in [0.25, 0.3) is 0 Å². The van der Waals surface area contributed by atoms with Crippen LogP contribution in [0.25, 0.3) is 0 Å². The topological polar surface area (TPSA) is 58.6 Å². The third-order valence-corrected chi connectivity index (χ3v) is 7.03. The highest BCUT2D eigenvalue weighted by Gasteiger charge is 2.38. The molecular weight excluding hydrogens is 417 g/mol. The summed E-state index contributed by atoms with van der Waals surface area (Å²) in [6.45, 7) is 0.450. The zero-order valence-electron chi connectivity index (χ0n) is 16.2. The van der Waals surface area contributed by atoms with Gasteiger partial charge in [-0.15, -0.1) is 0 Å². The summed E-state index contributed by atoms with van der Waals surface area (Å²) in [4.78, 5) is 2.20. The van der Waals surface area contributed by atoms with Crippen LogP contribution in [0.1, 0.15) is 30.1 Å². The van der Waals surface area contributed by atoms with Crippen molar-refractivity contribution in [2.75, 3.05) is 19.6 Å². The Bertz CT molecular complexity index is 987. The van der Waals surface area contributed by atoms with E-state index in [1.54, 1.807) is 4.72 Å². The summed E-state index contributed by atoms with van der Waals surface area (Å²) in [6, 6.07) is 13.9. The molecule has 0 unspecified atom stereocenters. The van der Waals surface area contributed by atoms with E-state index >= 15 is 0 Å². The minimum absolute atomic E-state index is 0.176. The summed E-state index contributed by atoms with van der Waals surface area (Å²) < 4.78 is 69.0. The van der Waals surface area contributed by atoms with Gasteiger partial charge in [0.15, 0.2) is 0 Å². The molecule has 0 radical (unpaired) electrons. The number of alkyl halides is 3. The van der Waals surface area contributed by atoms with Gasteiger partial charge in [0, 0.05) is 0 Å². The molecule has 2 aromatic rings. The van der Waals surface area contributed by atoms with E-state index < -0.39 is 22.7 Å². The fourth-order valence-electron chi connectivity index (χ4n) is 4.18. The molecular formula is C21H23F3N2O3S. The van der Waals surface area contributed by atoms with E-state index in [0.717, 1.165) is 37.9 Å². The number of likely N-dealkylation sites (tertiary alicyclic amines) is 1. The van der Waals surface area contributed by atoms with Gasteiger partial charge in [0.05, 0.1) is 10.9 Å². The van der Waals surface area contributed by atoms with E-state index in [-0.39, 0.29) is 17.0 Å². The van der Waals surface area contributed by atoms with Gasteiger partial charge < -0.3 is 4.74 Å². The van der Waals surface area contributed by atoms with Crippen LogP contribution in [0.5, 0.6) is 5.75 Å². The Balaban J connectivity index is 1.51. The number of nitrogens with one attached hydrogen (secondary N) is 1. The molecule has 2 atom stereocenters. The number of rotatable bonds is 6. The molecule has 5 nitrogen and oxygen atoms in total. The van der Waals surface area contributed by atoms with Crippen molar-refractivity contribution in [3.63, 3.8) is 0 Å². The smallest absolute Gasteiger partial charge is 0.402 e. The van der Waals surface area contributed by atoms with Crippen LogP contribution in [0.4, 0.5) is 13.2 Å². The molecule has 0 spiro atoms. The number of hydrogen-bond donors (Lipinski definition) is 1. The molecule has 1 heterocycles. The number of benzene rings is 2. The van der Waals surface area contributed by atoms with Crippen molar-refractivity contribution in [1.29, 1.82) is 0 Å². The van der Waals surface area contributed by atoms with E-state index in [1.807, 2.05) is 12.1 Å². The number of hydrogen-bond acceptors (Lipinski definition) is 4. The monoisotopic (exact) mass is 440 g/mol. The van der Waals surface area contributed by atoms with Gasteiger partial charge in [-0.05, 0) is 67.7 Å². The number of nitrogens with zero attached hydrogens (tertiary/aromatic N) is 1. The third kappa shape index (κ3) is 4.63. The predicted molar refractivity (Wildman–Crippen MR) is 106 cm³/mol. The summed E-state index contributed by atoms with van der Waals surface area (Å²) in [5.41, 5.74) is 2.37. The van der Waals surface area contributed by atoms with Crippen LogP contribution in [0.3, 0.4) is 0 Å². The minimum atomic E-state index is -4.61. The molecule has 0 saturated carbocycles. The molecule has 0 bridgehead atoms. The molecule has 9 heteroatoms. The summed E-state index contributed by atoms with van der Waals surface area (Å²) in [7, 11) is -4.24.